The molecule has 2 N–H and O–H groups in total. The van der Waals surface area contributed by atoms with Crippen LogP contribution < -0.4 is 16.2 Å². The number of pyridine rings is 1. The van der Waals surface area contributed by atoms with E-state index in [9.17, 15) is 4.79 Å². The monoisotopic (exact) mass is 504 g/mol. The zero-order valence-corrected chi connectivity index (χ0v) is 20.1. The van der Waals surface area contributed by atoms with Gasteiger partial charge in [-0.25, -0.2) is 0 Å². The van der Waals surface area contributed by atoms with E-state index >= 15 is 0 Å². The highest BCUT2D eigenvalue weighted by Crippen LogP contribution is 2.48. The highest BCUT2D eigenvalue weighted by atomic mass is 127. The summed E-state index contributed by atoms with van der Waals surface area (Å²) < 4.78 is 7.71. The van der Waals surface area contributed by atoms with Gasteiger partial charge < -0.3 is 19.9 Å². The van der Waals surface area contributed by atoms with Gasteiger partial charge in [-0.15, -0.1) is 24.0 Å². The zero-order valence-electron chi connectivity index (χ0n) is 17.7. The van der Waals surface area contributed by atoms with Crippen LogP contribution in [0.5, 0.6) is 0 Å². The van der Waals surface area contributed by atoms with Gasteiger partial charge >= 0.3 is 0 Å². The number of halogens is 1. The Labute approximate surface area is 186 Å². The van der Waals surface area contributed by atoms with Crippen LogP contribution in [0.25, 0.3) is 0 Å². The molecule has 1 heterocycles. The van der Waals surface area contributed by atoms with Crippen molar-refractivity contribution >= 4 is 29.9 Å². The molecule has 0 aliphatic heterocycles. The summed E-state index contributed by atoms with van der Waals surface area (Å²) in [6, 6.07) is 5.68. The topological polar surface area (TPSA) is 67.7 Å². The van der Waals surface area contributed by atoms with E-state index in [0.717, 1.165) is 57.8 Å². The van der Waals surface area contributed by atoms with Crippen molar-refractivity contribution in [1.82, 2.24) is 15.2 Å². The smallest absolute Gasteiger partial charge is 0.250 e. The minimum Gasteiger partial charge on any atom is -0.378 e. The van der Waals surface area contributed by atoms with Gasteiger partial charge in [-0.2, -0.15) is 0 Å². The van der Waals surface area contributed by atoms with Gasteiger partial charge in [0.15, 0.2) is 5.96 Å². The van der Waals surface area contributed by atoms with E-state index in [1.54, 1.807) is 16.7 Å². The Balaban J connectivity index is 0.00000392. The summed E-state index contributed by atoms with van der Waals surface area (Å²) in [7, 11) is 1.82. The molecule has 28 heavy (non-hydrogen) atoms. The van der Waals surface area contributed by atoms with Gasteiger partial charge in [-0.1, -0.05) is 19.9 Å². The number of hydrogen-bond donors (Lipinski definition) is 2. The van der Waals surface area contributed by atoms with E-state index in [-0.39, 0.29) is 35.0 Å². The second-order valence-electron chi connectivity index (χ2n) is 7.26. The van der Waals surface area contributed by atoms with Crippen molar-refractivity contribution in [2.75, 3.05) is 20.2 Å². The first-order valence-corrected chi connectivity index (χ1v) is 10.4. The van der Waals surface area contributed by atoms with E-state index in [1.165, 1.54) is 0 Å². The minimum atomic E-state index is 0. The van der Waals surface area contributed by atoms with Crippen molar-refractivity contribution in [1.29, 1.82) is 0 Å². The molecule has 0 spiro atoms. The molecule has 1 saturated carbocycles. The molecule has 160 valence electrons. The summed E-state index contributed by atoms with van der Waals surface area (Å²) in [4.78, 5) is 16.1. The molecule has 0 radical (unpaired) electrons. The van der Waals surface area contributed by atoms with Crippen LogP contribution in [0, 0.1) is 5.41 Å². The number of aliphatic imine (C=N–C) groups is 1. The Morgan fingerprint density at radius 1 is 1.29 bits per heavy atom. The molecule has 1 aromatic rings. The van der Waals surface area contributed by atoms with Crippen molar-refractivity contribution in [2.45, 2.75) is 71.6 Å². The molecular formula is C21H37IN4O2. The maximum Gasteiger partial charge on any atom is 0.250 e. The van der Waals surface area contributed by atoms with Gasteiger partial charge in [-0.05, 0) is 45.1 Å². The van der Waals surface area contributed by atoms with Crippen LogP contribution in [0.15, 0.2) is 34.2 Å². The van der Waals surface area contributed by atoms with Crippen molar-refractivity contribution in [3.8, 4) is 0 Å². The second-order valence-corrected chi connectivity index (χ2v) is 7.26. The highest BCUT2D eigenvalue weighted by molar-refractivity contribution is 14.0. The number of guanidine groups is 1. The Kier molecular flexibility index (Phi) is 11.1. The van der Waals surface area contributed by atoms with Crippen molar-refractivity contribution in [3.63, 3.8) is 0 Å². The molecule has 1 fully saturated rings. The number of rotatable bonds is 10. The molecule has 2 rings (SSSR count). The molecule has 0 bridgehead atoms. The molecule has 2 atom stereocenters. The van der Waals surface area contributed by atoms with E-state index in [4.69, 9.17) is 4.74 Å². The van der Waals surface area contributed by atoms with Gasteiger partial charge in [0.25, 0.3) is 0 Å². The number of hydrogen-bond acceptors (Lipinski definition) is 3. The lowest BCUT2D eigenvalue weighted by atomic mass is 9.58. The predicted octanol–water partition coefficient (Wildman–Crippen LogP) is 3.40. The third kappa shape index (κ3) is 5.95. The van der Waals surface area contributed by atoms with Gasteiger partial charge in [0.2, 0.25) is 5.56 Å². The molecule has 1 aliphatic carbocycles. The molecule has 0 amide bonds. The molecule has 1 aliphatic rings. The second kappa shape index (κ2) is 12.5. The van der Waals surface area contributed by atoms with Crippen molar-refractivity contribution in [3.05, 3.63) is 34.7 Å². The summed E-state index contributed by atoms with van der Waals surface area (Å²) in [5, 5.41) is 7.02. The third-order valence-electron chi connectivity index (χ3n) is 6.02. The predicted molar refractivity (Wildman–Crippen MR) is 127 cm³/mol. The quantitative estimate of drug-likeness (QED) is 0.222. The Morgan fingerprint density at radius 3 is 2.64 bits per heavy atom. The standard InChI is InChI=1S/C21H36N4O2.HI/c1-5-21(6-2)17(16-18(21)27-7-3)24-20(22-4)23-13-9-11-15-25-14-10-8-12-19(25)26;/h8,10,12,14,17-18H,5-7,9,11,13,15-16H2,1-4H3,(H2,22,23,24);1H. The van der Waals surface area contributed by atoms with E-state index in [0.29, 0.717) is 12.1 Å². The summed E-state index contributed by atoms with van der Waals surface area (Å²) in [5.74, 6) is 0.859. The SMILES string of the molecule is CCOC1CC(NC(=NC)NCCCCn2ccccc2=O)C1(CC)CC.I. The fourth-order valence-corrected chi connectivity index (χ4v) is 4.20. The summed E-state index contributed by atoms with van der Waals surface area (Å²) in [6.45, 7) is 8.95. The van der Waals surface area contributed by atoms with Crippen LogP contribution >= 0.6 is 24.0 Å². The molecule has 7 heteroatoms. The average molecular weight is 504 g/mol. The fourth-order valence-electron chi connectivity index (χ4n) is 4.20. The van der Waals surface area contributed by atoms with Gasteiger partial charge in [0, 0.05) is 50.5 Å². The maximum absolute atomic E-state index is 11.7. The number of nitrogens with one attached hydrogen (secondary N) is 2. The summed E-state index contributed by atoms with van der Waals surface area (Å²) in [6.07, 6.45) is 7.38. The largest absolute Gasteiger partial charge is 0.378 e. The number of nitrogens with zero attached hydrogens (tertiary/aromatic N) is 2. The molecule has 0 saturated heterocycles. The Hall–Kier alpha value is -1.09. The molecule has 0 aromatic carbocycles. The van der Waals surface area contributed by atoms with Crippen LogP contribution in [0.1, 0.15) is 52.9 Å². The Morgan fingerprint density at radius 2 is 2.04 bits per heavy atom. The van der Waals surface area contributed by atoms with Crippen molar-refractivity contribution < 1.29 is 4.74 Å². The Bertz CT molecular complexity index is 658. The van der Waals surface area contributed by atoms with Crippen molar-refractivity contribution in [2.24, 2.45) is 10.4 Å². The first kappa shape index (κ1) is 24.9. The molecule has 6 nitrogen and oxygen atoms in total. The number of aryl methyl sites for hydroxylation is 1. The van der Waals surface area contributed by atoms with E-state index < -0.39 is 0 Å². The lowest BCUT2D eigenvalue weighted by Gasteiger charge is -2.55. The van der Waals surface area contributed by atoms with Crippen LogP contribution in [0.4, 0.5) is 0 Å². The third-order valence-corrected chi connectivity index (χ3v) is 6.02. The average Bonchev–Trinajstić information content (AvgIpc) is 2.67. The molecular weight excluding hydrogens is 467 g/mol. The summed E-state index contributed by atoms with van der Waals surface area (Å²) in [5.41, 5.74) is 0.259. The lowest BCUT2D eigenvalue weighted by Crippen LogP contribution is -2.65. The number of unbranched alkanes of at least 4 members (excludes halogenated alkanes) is 1. The van der Waals surface area contributed by atoms with Gasteiger partial charge in [-0.3, -0.25) is 9.79 Å². The maximum atomic E-state index is 11.7. The van der Waals surface area contributed by atoms with Crippen LogP contribution in [-0.2, 0) is 11.3 Å². The van der Waals surface area contributed by atoms with Gasteiger partial charge in [0.1, 0.15) is 0 Å². The van der Waals surface area contributed by atoms with E-state index in [1.807, 2.05) is 19.3 Å². The summed E-state index contributed by atoms with van der Waals surface area (Å²) >= 11 is 0. The van der Waals surface area contributed by atoms with Gasteiger partial charge in [0.05, 0.1) is 6.10 Å². The molecule has 1 aromatic heterocycles. The van der Waals surface area contributed by atoms with Crippen LogP contribution in [0.2, 0.25) is 0 Å². The first-order valence-electron chi connectivity index (χ1n) is 10.4. The minimum absolute atomic E-state index is 0. The van der Waals surface area contributed by atoms with E-state index in [2.05, 4.69) is 36.4 Å². The van der Waals surface area contributed by atoms with Crippen LogP contribution in [0.3, 0.4) is 0 Å². The number of ether oxygens (including phenoxy) is 1. The fraction of sp³-hybridized carbons (Fsp3) is 0.714. The zero-order chi connectivity index (χ0) is 19.7. The molecule has 2 unspecified atom stereocenters. The highest BCUT2D eigenvalue weighted by Gasteiger charge is 2.53. The van der Waals surface area contributed by atoms with Crippen LogP contribution in [-0.4, -0.2) is 42.9 Å². The lowest BCUT2D eigenvalue weighted by molar-refractivity contribution is -0.133. The number of aromatic nitrogens is 1. The normalized spacial score (nSPS) is 20.8. The first-order chi connectivity index (χ1) is 13.1.